The Labute approximate surface area is 166 Å². The summed E-state index contributed by atoms with van der Waals surface area (Å²) < 4.78 is 0. The van der Waals surface area contributed by atoms with E-state index in [1.807, 2.05) is 0 Å². The van der Waals surface area contributed by atoms with Gasteiger partial charge in [0.2, 0.25) is 0 Å². The van der Waals surface area contributed by atoms with Crippen molar-refractivity contribution in [3.63, 3.8) is 0 Å². The molecule has 1 atom stereocenters. The van der Waals surface area contributed by atoms with Gasteiger partial charge in [0, 0.05) is 5.57 Å². The van der Waals surface area contributed by atoms with Crippen molar-refractivity contribution in [1.82, 2.24) is 0 Å². The van der Waals surface area contributed by atoms with Crippen molar-refractivity contribution >= 4 is 11.9 Å². The second-order valence-corrected chi connectivity index (χ2v) is 7.81. The average molecular weight is 383 g/mol. The van der Waals surface area contributed by atoms with Crippen LogP contribution in [-0.2, 0) is 9.59 Å². The zero-order valence-electron chi connectivity index (χ0n) is 17.5. The summed E-state index contributed by atoms with van der Waals surface area (Å²) in [6.45, 7) is 5.65. The van der Waals surface area contributed by atoms with Gasteiger partial charge in [-0.1, -0.05) is 116 Å². The third kappa shape index (κ3) is 15.4. The standard InChI is InChI=1S/C23H42O4/c1-3-4-5-6-7-8-9-10-11-12-13-14-15-16-17-18-19-21(23(26)27)20(2)22(24)25/h21H,2-19H2,1H3,(H,24,25)(H,26,27). The van der Waals surface area contributed by atoms with E-state index in [1.54, 1.807) is 0 Å². The van der Waals surface area contributed by atoms with Crippen molar-refractivity contribution in [3.05, 3.63) is 12.2 Å². The Morgan fingerprint density at radius 1 is 0.667 bits per heavy atom. The van der Waals surface area contributed by atoms with E-state index in [0.717, 1.165) is 19.3 Å². The van der Waals surface area contributed by atoms with Crippen LogP contribution < -0.4 is 0 Å². The number of carboxylic acid groups (broad SMARTS) is 2. The number of hydrogen-bond donors (Lipinski definition) is 2. The number of hydrogen-bond acceptors (Lipinski definition) is 2. The molecular weight excluding hydrogens is 340 g/mol. The largest absolute Gasteiger partial charge is 0.481 e. The van der Waals surface area contributed by atoms with Crippen molar-refractivity contribution in [3.8, 4) is 0 Å². The molecule has 0 aliphatic rings. The fourth-order valence-electron chi connectivity index (χ4n) is 3.49. The fourth-order valence-corrected chi connectivity index (χ4v) is 3.49. The van der Waals surface area contributed by atoms with Gasteiger partial charge in [0.25, 0.3) is 0 Å². The molecule has 0 spiro atoms. The van der Waals surface area contributed by atoms with Gasteiger partial charge < -0.3 is 10.2 Å². The SMILES string of the molecule is C=C(C(=O)O)C(CCCCCCCCCCCCCCCCCC)C(=O)O. The third-order valence-electron chi connectivity index (χ3n) is 5.34. The van der Waals surface area contributed by atoms with Gasteiger partial charge in [-0.2, -0.15) is 0 Å². The molecule has 0 saturated carbocycles. The molecule has 158 valence electrons. The highest BCUT2D eigenvalue weighted by molar-refractivity contribution is 5.93. The molecule has 4 nitrogen and oxygen atoms in total. The Kier molecular flexibility index (Phi) is 17.2. The Hall–Kier alpha value is -1.32. The Bertz CT molecular complexity index is 403. The molecule has 0 amide bonds. The van der Waals surface area contributed by atoms with E-state index >= 15 is 0 Å². The molecule has 0 radical (unpaired) electrons. The summed E-state index contributed by atoms with van der Waals surface area (Å²) in [5.74, 6) is -3.24. The molecule has 0 heterocycles. The second-order valence-electron chi connectivity index (χ2n) is 7.81. The van der Waals surface area contributed by atoms with Crippen LogP contribution in [0.4, 0.5) is 0 Å². The molecule has 0 fully saturated rings. The fraction of sp³-hybridized carbons (Fsp3) is 0.826. The average Bonchev–Trinajstić information content (AvgIpc) is 2.63. The van der Waals surface area contributed by atoms with E-state index in [0.29, 0.717) is 6.42 Å². The first-order chi connectivity index (χ1) is 13.0. The Morgan fingerprint density at radius 3 is 1.30 bits per heavy atom. The number of carbonyl (C=O) groups is 2. The maximum absolute atomic E-state index is 11.1. The molecule has 0 bridgehead atoms. The normalized spacial score (nSPS) is 12.0. The van der Waals surface area contributed by atoms with Crippen LogP contribution in [0.15, 0.2) is 12.2 Å². The smallest absolute Gasteiger partial charge is 0.331 e. The van der Waals surface area contributed by atoms with Gasteiger partial charge in [0.1, 0.15) is 0 Å². The van der Waals surface area contributed by atoms with Gasteiger partial charge in [-0.05, 0) is 6.42 Å². The van der Waals surface area contributed by atoms with Crippen molar-refractivity contribution < 1.29 is 19.8 Å². The Balaban J connectivity index is 3.39. The van der Waals surface area contributed by atoms with Gasteiger partial charge in [0.15, 0.2) is 0 Å². The molecule has 1 unspecified atom stereocenters. The molecule has 0 aliphatic heterocycles. The lowest BCUT2D eigenvalue weighted by atomic mass is 9.93. The van der Waals surface area contributed by atoms with Crippen molar-refractivity contribution in [2.75, 3.05) is 0 Å². The minimum atomic E-state index is -1.21. The van der Waals surface area contributed by atoms with Crippen LogP contribution >= 0.6 is 0 Å². The summed E-state index contributed by atoms with van der Waals surface area (Å²) >= 11 is 0. The van der Waals surface area contributed by atoms with Gasteiger partial charge in [-0.25, -0.2) is 4.79 Å². The lowest BCUT2D eigenvalue weighted by Gasteiger charge is -2.11. The molecule has 0 saturated heterocycles. The molecule has 2 N–H and O–H groups in total. The highest BCUT2D eigenvalue weighted by Gasteiger charge is 2.24. The van der Waals surface area contributed by atoms with Crippen molar-refractivity contribution in [2.24, 2.45) is 5.92 Å². The molecule has 0 aromatic heterocycles. The van der Waals surface area contributed by atoms with Crippen LogP contribution in [0.3, 0.4) is 0 Å². The minimum Gasteiger partial charge on any atom is -0.481 e. The van der Waals surface area contributed by atoms with E-state index < -0.39 is 17.9 Å². The van der Waals surface area contributed by atoms with Crippen LogP contribution in [0.2, 0.25) is 0 Å². The summed E-state index contributed by atoms with van der Waals surface area (Å²) in [5, 5.41) is 18.0. The predicted octanol–water partition coefficient (Wildman–Crippen LogP) is 6.98. The van der Waals surface area contributed by atoms with Crippen LogP contribution in [0.1, 0.15) is 116 Å². The van der Waals surface area contributed by atoms with E-state index in [2.05, 4.69) is 13.5 Å². The lowest BCUT2D eigenvalue weighted by molar-refractivity contribution is -0.144. The van der Waals surface area contributed by atoms with Gasteiger partial charge in [-0.3, -0.25) is 4.79 Å². The monoisotopic (exact) mass is 382 g/mol. The number of unbranched alkanes of at least 4 members (excludes halogenated alkanes) is 15. The van der Waals surface area contributed by atoms with E-state index in [-0.39, 0.29) is 5.57 Å². The first-order valence-corrected chi connectivity index (χ1v) is 11.2. The summed E-state index contributed by atoms with van der Waals surface area (Å²) in [7, 11) is 0. The maximum atomic E-state index is 11.1. The number of carboxylic acids is 2. The van der Waals surface area contributed by atoms with Gasteiger partial charge >= 0.3 is 11.9 Å². The van der Waals surface area contributed by atoms with E-state index in [4.69, 9.17) is 10.2 Å². The third-order valence-corrected chi connectivity index (χ3v) is 5.34. The van der Waals surface area contributed by atoms with E-state index in [1.165, 1.54) is 83.5 Å². The van der Waals surface area contributed by atoms with E-state index in [9.17, 15) is 9.59 Å². The van der Waals surface area contributed by atoms with Gasteiger partial charge in [-0.15, -0.1) is 0 Å². The first-order valence-electron chi connectivity index (χ1n) is 11.2. The number of aliphatic carboxylic acids is 2. The summed E-state index contributed by atoms with van der Waals surface area (Å²) in [4.78, 5) is 22.0. The van der Waals surface area contributed by atoms with Crippen molar-refractivity contribution in [1.29, 1.82) is 0 Å². The number of rotatable bonds is 20. The molecule has 0 aromatic carbocycles. The van der Waals surface area contributed by atoms with Crippen LogP contribution in [0.25, 0.3) is 0 Å². The summed E-state index contributed by atoms with van der Waals surface area (Å²) in [6.07, 6.45) is 20.7. The molecule has 27 heavy (non-hydrogen) atoms. The zero-order chi connectivity index (χ0) is 20.3. The summed E-state index contributed by atoms with van der Waals surface area (Å²) in [5.41, 5.74) is -0.205. The van der Waals surface area contributed by atoms with Crippen LogP contribution in [0, 0.1) is 5.92 Å². The quantitative estimate of drug-likeness (QED) is 0.176. The molecule has 0 aromatic rings. The highest BCUT2D eigenvalue weighted by Crippen LogP contribution is 2.19. The minimum absolute atomic E-state index is 0.205. The summed E-state index contributed by atoms with van der Waals surface area (Å²) in [6, 6.07) is 0. The molecular formula is C23H42O4. The van der Waals surface area contributed by atoms with Crippen LogP contribution in [-0.4, -0.2) is 22.2 Å². The predicted molar refractivity (Wildman–Crippen MR) is 112 cm³/mol. The van der Waals surface area contributed by atoms with Gasteiger partial charge in [0.05, 0.1) is 5.92 Å². The molecule has 4 heteroatoms. The molecule has 0 aliphatic carbocycles. The lowest BCUT2D eigenvalue weighted by Crippen LogP contribution is -2.20. The second kappa shape index (κ2) is 18.1. The Morgan fingerprint density at radius 2 is 1.00 bits per heavy atom. The van der Waals surface area contributed by atoms with Crippen molar-refractivity contribution in [2.45, 2.75) is 116 Å². The maximum Gasteiger partial charge on any atom is 0.331 e. The highest BCUT2D eigenvalue weighted by atomic mass is 16.4. The topological polar surface area (TPSA) is 74.6 Å². The first kappa shape index (κ1) is 25.7. The molecule has 0 rings (SSSR count). The van der Waals surface area contributed by atoms with Crippen LogP contribution in [0.5, 0.6) is 0 Å². The zero-order valence-corrected chi connectivity index (χ0v) is 17.5.